The minimum absolute atomic E-state index is 0.245. The predicted molar refractivity (Wildman–Crippen MR) is 102 cm³/mol. The maximum absolute atomic E-state index is 13.3. The Morgan fingerprint density at radius 1 is 0.846 bits per heavy atom. The van der Waals surface area contributed by atoms with Gasteiger partial charge in [-0.1, -0.05) is 54.1 Å². The zero-order valence-corrected chi connectivity index (χ0v) is 14.3. The summed E-state index contributed by atoms with van der Waals surface area (Å²) >= 11 is 6.25. The van der Waals surface area contributed by atoms with Gasteiger partial charge in [0.15, 0.2) is 0 Å². The second kappa shape index (κ2) is 6.29. The van der Waals surface area contributed by atoms with Gasteiger partial charge in [-0.05, 0) is 23.6 Å². The van der Waals surface area contributed by atoms with E-state index in [0.29, 0.717) is 27.1 Å². The lowest BCUT2D eigenvalue weighted by atomic mass is 10.0. The summed E-state index contributed by atoms with van der Waals surface area (Å²) in [5.74, 6) is 4.58. The van der Waals surface area contributed by atoms with Crippen molar-refractivity contribution in [3.8, 4) is 0 Å². The zero-order valence-electron chi connectivity index (χ0n) is 13.6. The summed E-state index contributed by atoms with van der Waals surface area (Å²) in [6.45, 7) is 0. The quantitative estimate of drug-likeness (QED) is 0.323. The van der Waals surface area contributed by atoms with Crippen molar-refractivity contribution in [2.24, 2.45) is 5.84 Å². The Labute approximate surface area is 153 Å². The first-order valence-corrected chi connectivity index (χ1v) is 8.32. The number of para-hydroxylation sites is 1. The lowest BCUT2D eigenvalue weighted by Gasteiger charge is -2.08. The number of rotatable bonds is 2. The van der Waals surface area contributed by atoms with E-state index in [0.717, 1.165) is 10.8 Å². The van der Waals surface area contributed by atoms with Crippen LogP contribution in [0.25, 0.3) is 21.7 Å². The highest BCUT2D eigenvalue weighted by Gasteiger charge is 2.20. The zero-order chi connectivity index (χ0) is 18.3. The van der Waals surface area contributed by atoms with Crippen LogP contribution >= 0.6 is 11.6 Å². The van der Waals surface area contributed by atoms with Gasteiger partial charge in [-0.2, -0.15) is 0 Å². The van der Waals surface area contributed by atoms with E-state index in [9.17, 15) is 9.59 Å². The number of aromatic nitrogens is 1. The molecule has 0 atom stereocenters. The largest absolute Gasteiger partial charge is 0.290 e. The maximum Gasteiger partial charge on any atom is 0.267 e. The molecule has 6 heteroatoms. The third-order valence-corrected chi connectivity index (χ3v) is 4.74. The molecule has 0 aliphatic carbocycles. The molecule has 26 heavy (non-hydrogen) atoms. The van der Waals surface area contributed by atoms with Crippen molar-refractivity contribution in [2.45, 2.75) is 0 Å². The fourth-order valence-corrected chi connectivity index (χ4v) is 3.43. The molecule has 5 nitrogen and oxygen atoms in total. The van der Waals surface area contributed by atoms with Crippen molar-refractivity contribution in [3.63, 3.8) is 0 Å². The monoisotopic (exact) mass is 363 g/mol. The number of hydrogen-bond acceptors (Lipinski definition) is 3. The number of hydrogen-bond donors (Lipinski definition) is 2. The van der Waals surface area contributed by atoms with Crippen molar-refractivity contribution >= 4 is 45.1 Å². The second-order valence-corrected chi connectivity index (χ2v) is 6.26. The number of nitrogens with two attached hydrogens (primary N) is 1. The van der Waals surface area contributed by atoms with E-state index in [1.165, 1.54) is 10.8 Å². The maximum atomic E-state index is 13.3. The molecule has 1 amide bonds. The summed E-state index contributed by atoms with van der Waals surface area (Å²) < 4.78 is 1.47. The molecule has 1 aromatic heterocycles. The molecule has 128 valence electrons. The number of carbonyl (C=O) groups is 2. The summed E-state index contributed by atoms with van der Waals surface area (Å²) in [5, 5.41) is 2.80. The molecule has 0 bridgehead atoms. The molecule has 0 saturated heterocycles. The number of nitrogens with one attached hydrogen (secondary N) is 1. The number of nitrogens with zero attached hydrogens (tertiary/aromatic N) is 1. The summed E-state index contributed by atoms with van der Waals surface area (Å²) in [6.07, 6.45) is 1.51. The fourth-order valence-electron chi connectivity index (χ4n) is 3.19. The van der Waals surface area contributed by atoms with Gasteiger partial charge in [0.2, 0.25) is 0 Å². The van der Waals surface area contributed by atoms with Crippen LogP contribution in [0.3, 0.4) is 0 Å². The van der Waals surface area contributed by atoms with E-state index in [1.54, 1.807) is 30.3 Å². The highest BCUT2D eigenvalue weighted by molar-refractivity contribution is 6.36. The van der Waals surface area contributed by atoms with Gasteiger partial charge < -0.3 is 0 Å². The molecule has 4 rings (SSSR count). The van der Waals surface area contributed by atoms with Crippen LogP contribution in [0.15, 0.2) is 66.9 Å². The molecule has 3 N–H and O–H groups in total. The molecule has 0 unspecified atom stereocenters. The third-order valence-electron chi connectivity index (χ3n) is 4.41. The molecule has 1 heterocycles. The van der Waals surface area contributed by atoms with Crippen LogP contribution in [-0.2, 0) is 0 Å². The highest BCUT2D eigenvalue weighted by Crippen LogP contribution is 2.28. The van der Waals surface area contributed by atoms with Gasteiger partial charge in [0, 0.05) is 27.6 Å². The summed E-state index contributed by atoms with van der Waals surface area (Å²) in [6, 6.07) is 18.1. The molecule has 0 radical (unpaired) electrons. The highest BCUT2D eigenvalue weighted by atomic mass is 35.5. The Bertz CT molecular complexity index is 1180. The molecule has 0 saturated carbocycles. The molecular formula is C20H14ClN3O2. The lowest BCUT2D eigenvalue weighted by molar-refractivity contribution is 0.0955. The van der Waals surface area contributed by atoms with E-state index in [-0.39, 0.29) is 5.91 Å². The van der Waals surface area contributed by atoms with Gasteiger partial charge in [0.05, 0.1) is 11.1 Å². The van der Waals surface area contributed by atoms with Crippen molar-refractivity contribution in [1.82, 2.24) is 9.99 Å². The van der Waals surface area contributed by atoms with E-state index < -0.39 is 5.91 Å². The normalized spacial score (nSPS) is 11.0. The first-order chi connectivity index (χ1) is 12.6. The number of benzene rings is 3. The predicted octanol–water partition coefficient (Wildman–Crippen LogP) is 3.74. The fraction of sp³-hybridized carbons (Fsp3) is 0. The number of halogens is 1. The van der Waals surface area contributed by atoms with Crippen LogP contribution in [0, 0.1) is 0 Å². The summed E-state index contributed by atoms with van der Waals surface area (Å²) in [7, 11) is 0. The molecule has 0 aliphatic rings. The molecule has 0 fully saturated rings. The van der Waals surface area contributed by atoms with Crippen LogP contribution in [0.5, 0.6) is 0 Å². The van der Waals surface area contributed by atoms with Gasteiger partial charge in [-0.3, -0.25) is 19.6 Å². The standard InChI is InChI=1S/C20H14ClN3O2/c21-17-9-4-6-12-13(17)7-3-8-15(12)20(26)24-11-16(19(25)23-22)14-5-1-2-10-18(14)24/h1-11H,22H2,(H,23,25). The number of carbonyl (C=O) groups excluding carboxylic acids is 2. The molecule has 4 aromatic rings. The second-order valence-electron chi connectivity index (χ2n) is 5.85. The van der Waals surface area contributed by atoms with E-state index in [2.05, 4.69) is 5.43 Å². The molecule has 3 aromatic carbocycles. The van der Waals surface area contributed by atoms with Crippen LogP contribution in [0.4, 0.5) is 0 Å². The number of amides is 1. The lowest BCUT2D eigenvalue weighted by Crippen LogP contribution is -2.29. The molecule has 0 spiro atoms. The Balaban J connectivity index is 1.96. The minimum Gasteiger partial charge on any atom is -0.290 e. The molecular weight excluding hydrogens is 350 g/mol. The van der Waals surface area contributed by atoms with Gasteiger partial charge in [0.25, 0.3) is 11.8 Å². The topological polar surface area (TPSA) is 77.1 Å². The third kappa shape index (κ3) is 2.45. The van der Waals surface area contributed by atoms with Crippen molar-refractivity contribution in [3.05, 3.63) is 83.0 Å². The van der Waals surface area contributed by atoms with Crippen molar-refractivity contribution < 1.29 is 9.59 Å². The van der Waals surface area contributed by atoms with Crippen LogP contribution in [0.2, 0.25) is 5.02 Å². The Kier molecular flexibility index (Phi) is 3.95. The first kappa shape index (κ1) is 16.3. The minimum atomic E-state index is -0.450. The van der Waals surface area contributed by atoms with Gasteiger partial charge in [-0.15, -0.1) is 0 Å². The van der Waals surface area contributed by atoms with E-state index in [1.807, 2.05) is 30.3 Å². The number of hydrazine groups is 1. The summed E-state index contributed by atoms with van der Waals surface area (Å²) in [5.41, 5.74) is 3.60. The average molecular weight is 364 g/mol. The van der Waals surface area contributed by atoms with Crippen molar-refractivity contribution in [1.29, 1.82) is 0 Å². The average Bonchev–Trinajstić information content (AvgIpc) is 3.06. The van der Waals surface area contributed by atoms with Crippen LogP contribution in [-0.4, -0.2) is 16.4 Å². The Morgan fingerprint density at radius 3 is 2.35 bits per heavy atom. The van der Waals surface area contributed by atoms with E-state index in [4.69, 9.17) is 17.4 Å². The van der Waals surface area contributed by atoms with Gasteiger partial charge in [-0.25, -0.2) is 5.84 Å². The number of fused-ring (bicyclic) bond motifs is 2. The van der Waals surface area contributed by atoms with E-state index >= 15 is 0 Å². The smallest absolute Gasteiger partial charge is 0.267 e. The SMILES string of the molecule is NNC(=O)c1cn(C(=O)c2cccc3c(Cl)cccc23)c2ccccc12. The van der Waals surface area contributed by atoms with Gasteiger partial charge in [0.1, 0.15) is 0 Å². The van der Waals surface area contributed by atoms with Crippen molar-refractivity contribution in [2.75, 3.05) is 0 Å². The first-order valence-electron chi connectivity index (χ1n) is 7.95. The van der Waals surface area contributed by atoms with Gasteiger partial charge >= 0.3 is 0 Å². The Morgan fingerprint density at radius 2 is 1.54 bits per heavy atom. The number of nitrogen functional groups attached to an aromatic ring is 1. The Hall–Kier alpha value is -3.15. The molecule has 0 aliphatic heterocycles. The summed E-state index contributed by atoms with van der Waals surface area (Å²) in [4.78, 5) is 25.3. The van der Waals surface area contributed by atoms with Crippen LogP contribution < -0.4 is 11.3 Å². The van der Waals surface area contributed by atoms with Crippen LogP contribution in [0.1, 0.15) is 20.7 Å².